The van der Waals surface area contributed by atoms with E-state index < -0.39 is 75.7 Å². The molecule has 0 aromatic rings. The summed E-state index contributed by atoms with van der Waals surface area (Å²) in [6.07, 6.45) is 30.8. The first kappa shape index (κ1) is 56.8. The highest BCUT2D eigenvalue weighted by molar-refractivity contribution is 7.47. The molecule has 0 aliphatic heterocycles. The maximum Gasteiger partial charge on any atom is 0.472 e. The van der Waals surface area contributed by atoms with Crippen LogP contribution in [0.5, 0.6) is 0 Å². The summed E-state index contributed by atoms with van der Waals surface area (Å²) in [6, 6.07) is 0. The molecule has 0 bridgehead atoms. The van der Waals surface area contributed by atoms with Crippen molar-refractivity contribution in [1.82, 2.24) is 0 Å². The summed E-state index contributed by atoms with van der Waals surface area (Å²) in [5.41, 5.74) is 0. The first-order valence-corrected chi connectivity index (χ1v) is 25.0. The predicted molar refractivity (Wildman–Crippen MR) is 239 cm³/mol. The van der Waals surface area contributed by atoms with Crippen LogP contribution in [0.4, 0.5) is 0 Å². The van der Waals surface area contributed by atoms with Gasteiger partial charge in [-0.25, -0.2) is 9.36 Å². The van der Waals surface area contributed by atoms with Crippen molar-refractivity contribution in [3.8, 4) is 0 Å². The van der Waals surface area contributed by atoms with Gasteiger partial charge in [0.15, 0.2) is 6.10 Å². The lowest BCUT2D eigenvalue weighted by molar-refractivity contribution is -0.220. The molecule has 0 heterocycles. The minimum absolute atomic E-state index is 0.138. The van der Waals surface area contributed by atoms with Crippen LogP contribution in [0.1, 0.15) is 181 Å². The van der Waals surface area contributed by atoms with Crippen LogP contribution >= 0.6 is 7.82 Å². The molecule has 0 spiro atoms. The van der Waals surface area contributed by atoms with E-state index in [9.17, 15) is 44.6 Å². The number of ether oxygens (including phenoxy) is 2. The quantitative estimate of drug-likeness (QED) is 0.00854. The number of hydrogen-bond acceptors (Lipinski definition) is 12. The molecule has 1 saturated carbocycles. The first-order valence-electron chi connectivity index (χ1n) is 23.5. The number of hydrogen-bond donors (Lipinski definition) is 6. The highest BCUT2D eigenvalue weighted by Crippen LogP contribution is 2.47. The van der Waals surface area contributed by atoms with Crippen LogP contribution in [0, 0.1) is 0 Å². The minimum atomic E-state index is -5.15. The lowest BCUT2D eigenvalue weighted by Crippen LogP contribution is -2.64. The number of carbonyl (C=O) groups is 2. The molecule has 1 rings (SSSR count). The molecule has 1 fully saturated rings. The molecule has 1 aliphatic rings. The van der Waals surface area contributed by atoms with Gasteiger partial charge in [0.25, 0.3) is 0 Å². The van der Waals surface area contributed by atoms with E-state index in [0.29, 0.717) is 6.42 Å². The SMILES string of the molecule is CCCCC/C=C/C/C=C/CCCCCCCCCC(=O)OC[C@@H](COP(=O)(O)OC1C(O)C(O)C(O)[C@H](O)C1O)OC(=O)/C=C/C=C/CCCCCCCCCCCCC. The van der Waals surface area contributed by atoms with E-state index in [2.05, 4.69) is 38.2 Å². The molecule has 13 nitrogen and oxygen atoms in total. The molecule has 6 unspecified atom stereocenters. The van der Waals surface area contributed by atoms with Crippen LogP contribution in [0.25, 0.3) is 0 Å². The molecule has 14 heteroatoms. The van der Waals surface area contributed by atoms with Crippen molar-refractivity contribution in [3.63, 3.8) is 0 Å². The van der Waals surface area contributed by atoms with E-state index in [4.69, 9.17) is 18.5 Å². The molecule has 6 N–H and O–H groups in total. The number of carbonyl (C=O) groups excluding carboxylic acids is 2. The van der Waals surface area contributed by atoms with Crippen molar-refractivity contribution in [2.45, 2.75) is 224 Å². The van der Waals surface area contributed by atoms with Gasteiger partial charge >= 0.3 is 19.8 Å². The van der Waals surface area contributed by atoms with Gasteiger partial charge < -0.3 is 39.9 Å². The number of phosphoric ester groups is 1. The Labute approximate surface area is 367 Å². The average Bonchev–Trinajstić information content (AvgIpc) is 3.24. The summed E-state index contributed by atoms with van der Waals surface area (Å²) in [5.74, 6) is -1.36. The average molecular weight is 887 g/mol. The summed E-state index contributed by atoms with van der Waals surface area (Å²) in [6.45, 7) is 3.17. The lowest BCUT2D eigenvalue weighted by atomic mass is 9.85. The van der Waals surface area contributed by atoms with Gasteiger partial charge in [-0.1, -0.05) is 166 Å². The standard InChI is InChI=1S/C47H83O13P/c1-3-5-7-9-11-13-15-17-19-20-22-23-25-27-29-31-33-35-40(48)57-37-39(38-58-61(55,56)60-47-45(53)43(51)42(50)44(52)46(47)54)59-41(49)36-34-32-30-28-26-24-21-18-16-14-12-10-8-6-4-2/h11,13,17,19,30,32,34,36,39,42-47,50-54H,3-10,12,14-16,18,20-29,31,33,35,37-38H2,1-2H3,(H,55,56)/b13-11+,19-17+,32-30+,36-34+/t39-,42?,43-,44?,45?,46?,47?/m0/s1. The molecule has 1 aliphatic carbocycles. The number of esters is 2. The lowest BCUT2D eigenvalue weighted by Gasteiger charge is -2.41. The van der Waals surface area contributed by atoms with E-state index in [1.165, 1.54) is 83.1 Å². The van der Waals surface area contributed by atoms with Crippen LogP contribution in [0.3, 0.4) is 0 Å². The zero-order chi connectivity index (χ0) is 45.0. The molecule has 354 valence electrons. The van der Waals surface area contributed by atoms with Gasteiger partial charge in [-0.3, -0.25) is 13.8 Å². The molecule has 0 amide bonds. The summed E-state index contributed by atoms with van der Waals surface area (Å²) in [5, 5.41) is 50.1. The zero-order valence-corrected chi connectivity index (χ0v) is 38.3. The van der Waals surface area contributed by atoms with Gasteiger partial charge in [-0.05, 0) is 51.4 Å². The second-order valence-electron chi connectivity index (χ2n) is 16.3. The molecule has 0 aromatic carbocycles. The third-order valence-corrected chi connectivity index (χ3v) is 11.7. The van der Waals surface area contributed by atoms with Crippen LogP contribution in [-0.4, -0.2) is 98.3 Å². The smallest absolute Gasteiger partial charge is 0.462 e. The van der Waals surface area contributed by atoms with Gasteiger partial charge in [-0.15, -0.1) is 0 Å². The minimum Gasteiger partial charge on any atom is -0.462 e. The highest BCUT2D eigenvalue weighted by atomic mass is 31.2. The molecular formula is C47H83O13P. The molecule has 8 atom stereocenters. The molecular weight excluding hydrogens is 803 g/mol. The van der Waals surface area contributed by atoms with Crippen LogP contribution < -0.4 is 0 Å². The van der Waals surface area contributed by atoms with Crippen molar-refractivity contribution in [3.05, 3.63) is 48.6 Å². The van der Waals surface area contributed by atoms with Crippen molar-refractivity contribution in [2.24, 2.45) is 0 Å². The molecule has 0 saturated heterocycles. The third-order valence-electron chi connectivity index (χ3n) is 10.7. The van der Waals surface area contributed by atoms with Crippen LogP contribution in [0.2, 0.25) is 0 Å². The van der Waals surface area contributed by atoms with E-state index in [1.54, 1.807) is 6.08 Å². The Morgan fingerprint density at radius 3 is 1.54 bits per heavy atom. The Hall–Kier alpha value is -2.19. The third kappa shape index (κ3) is 29.7. The van der Waals surface area contributed by atoms with E-state index in [1.807, 2.05) is 6.08 Å². The molecule has 0 aromatic heterocycles. The second kappa shape index (κ2) is 37.2. The number of rotatable bonds is 38. The summed E-state index contributed by atoms with van der Waals surface area (Å²) in [4.78, 5) is 35.6. The number of phosphoric acid groups is 1. The Bertz CT molecular complexity index is 1250. The number of aliphatic hydroxyl groups is 5. The zero-order valence-electron chi connectivity index (χ0n) is 37.4. The van der Waals surface area contributed by atoms with Crippen molar-refractivity contribution < 1.29 is 63.1 Å². The summed E-state index contributed by atoms with van der Waals surface area (Å²) >= 11 is 0. The fraction of sp³-hybridized carbons (Fsp3) is 0.787. The van der Waals surface area contributed by atoms with E-state index in [-0.39, 0.29) is 6.42 Å². The Kier molecular flexibility index (Phi) is 34.7. The van der Waals surface area contributed by atoms with Gasteiger partial charge in [0.1, 0.15) is 43.2 Å². The number of allylic oxidation sites excluding steroid dienone is 7. The van der Waals surface area contributed by atoms with E-state index >= 15 is 0 Å². The second-order valence-corrected chi connectivity index (χ2v) is 17.7. The topological polar surface area (TPSA) is 210 Å². The Morgan fingerprint density at radius 1 is 0.557 bits per heavy atom. The summed E-state index contributed by atoms with van der Waals surface area (Å²) in [7, 11) is -5.15. The predicted octanol–water partition coefficient (Wildman–Crippen LogP) is 9.17. The maximum atomic E-state index is 12.8. The molecule has 0 radical (unpaired) electrons. The highest BCUT2D eigenvalue weighted by Gasteiger charge is 2.51. The summed E-state index contributed by atoms with van der Waals surface area (Å²) < 4.78 is 33.3. The van der Waals surface area contributed by atoms with E-state index in [0.717, 1.165) is 83.1 Å². The van der Waals surface area contributed by atoms with Crippen molar-refractivity contribution in [2.75, 3.05) is 13.2 Å². The Balaban J connectivity index is 2.50. The first-order chi connectivity index (χ1) is 29.4. The number of unbranched alkanes of at least 4 members (excludes halogenated alkanes) is 21. The normalized spacial score (nSPS) is 22.4. The van der Waals surface area contributed by atoms with Gasteiger partial charge in [0, 0.05) is 12.5 Å². The fourth-order valence-corrected chi connectivity index (χ4v) is 7.90. The van der Waals surface area contributed by atoms with Crippen LogP contribution in [-0.2, 0) is 32.7 Å². The molecule has 61 heavy (non-hydrogen) atoms. The Morgan fingerprint density at radius 2 is 1.00 bits per heavy atom. The largest absolute Gasteiger partial charge is 0.472 e. The van der Waals surface area contributed by atoms with Gasteiger partial charge in [-0.2, -0.15) is 0 Å². The van der Waals surface area contributed by atoms with Gasteiger partial charge in [0.05, 0.1) is 6.61 Å². The fourth-order valence-electron chi connectivity index (χ4n) is 6.93. The van der Waals surface area contributed by atoms with Crippen LogP contribution in [0.15, 0.2) is 48.6 Å². The van der Waals surface area contributed by atoms with Gasteiger partial charge in [0.2, 0.25) is 0 Å². The number of aliphatic hydroxyl groups excluding tert-OH is 5. The maximum absolute atomic E-state index is 12.8. The van der Waals surface area contributed by atoms with Crippen molar-refractivity contribution in [1.29, 1.82) is 0 Å². The van der Waals surface area contributed by atoms with Crippen molar-refractivity contribution >= 4 is 19.8 Å². The monoisotopic (exact) mass is 887 g/mol.